The first-order chi connectivity index (χ1) is 8.54. The Kier molecular flexibility index (Phi) is 3.35. The number of halogens is 1. The summed E-state index contributed by atoms with van der Waals surface area (Å²) in [5, 5.41) is 8.95. The summed E-state index contributed by atoms with van der Waals surface area (Å²) >= 11 is 3.37. The Morgan fingerprint density at radius 3 is 2.33 bits per heavy atom. The molecule has 4 heteroatoms. The zero-order valence-electron chi connectivity index (χ0n) is 10.0. The number of aromatic nitrogens is 1. The zero-order chi connectivity index (χ0) is 13.3. The predicted octanol–water partition coefficient (Wildman–Crippen LogP) is 3.29. The van der Waals surface area contributed by atoms with Crippen molar-refractivity contribution >= 4 is 15.9 Å². The van der Waals surface area contributed by atoms with Crippen molar-refractivity contribution < 1.29 is 0 Å². The molecule has 0 amide bonds. The van der Waals surface area contributed by atoms with Crippen LogP contribution < -0.4 is 5.56 Å². The predicted molar refractivity (Wildman–Crippen MR) is 74.4 cm³/mol. The molecule has 0 unspecified atom stereocenters. The first-order valence-corrected chi connectivity index (χ1v) is 6.23. The first kappa shape index (κ1) is 12.6. The molecule has 0 fully saturated rings. The summed E-state index contributed by atoms with van der Waals surface area (Å²) in [6.45, 7) is 3.70. The summed E-state index contributed by atoms with van der Waals surface area (Å²) in [7, 11) is 0. The van der Waals surface area contributed by atoms with Crippen molar-refractivity contribution in [2.45, 2.75) is 13.8 Å². The molecule has 0 spiro atoms. The van der Waals surface area contributed by atoms with Crippen molar-refractivity contribution in [3.05, 3.63) is 55.8 Å². The number of hydrogen-bond donors (Lipinski definition) is 1. The van der Waals surface area contributed by atoms with Gasteiger partial charge in [-0.15, -0.1) is 0 Å². The fraction of sp³-hybridized carbons (Fsp3) is 0.143. The van der Waals surface area contributed by atoms with Gasteiger partial charge in [0.05, 0.1) is 5.69 Å². The highest BCUT2D eigenvalue weighted by Crippen LogP contribution is 2.24. The molecule has 3 nitrogen and oxygen atoms in total. The van der Waals surface area contributed by atoms with Gasteiger partial charge in [0.15, 0.2) is 0 Å². The maximum Gasteiger partial charge on any atom is 0.266 e. The van der Waals surface area contributed by atoms with E-state index >= 15 is 0 Å². The van der Waals surface area contributed by atoms with E-state index in [1.807, 2.05) is 37.3 Å². The maximum atomic E-state index is 11.8. The molecule has 1 heterocycles. The quantitative estimate of drug-likeness (QED) is 0.879. The number of benzene rings is 1. The second-order valence-electron chi connectivity index (χ2n) is 4.07. The normalized spacial score (nSPS) is 10.1. The lowest BCUT2D eigenvalue weighted by atomic mass is 10.00. The number of nitrogens with zero attached hydrogens (tertiary/aromatic N) is 1. The summed E-state index contributed by atoms with van der Waals surface area (Å²) in [4.78, 5) is 14.6. The fourth-order valence-corrected chi connectivity index (χ4v) is 2.12. The lowest BCUT2D eigenvalue weighted by Gasteiger charge is -2.10. The van der Waals surface area contributed by atoms with Crippen molar-refractivity contribution in [2.24, 2.45) is 0 Å². The van der Waals surface area contributed by atoms with E-state index in [0.29, 0.717) is 0 Å². The van der Waals surface area contributed by atoms with Crippen LogP contribution in [0, 0.1) is 25.2 Å². The Hall–Kier alpha value is -1.86. The van der Waals surface area contributed by atoms with Gasteiger partial charge in [-0.2, -0.15) is 5.26 Å². The minimum absolute atomic E-state index is 0.188. The molecule has 0 radical (unpaired) electrons. The van der Waals surface area contributed by atoms with Gasteiger partial charge in [0.1, 0.15) is 11.6 Å². The molecule has 0 aliphatic carbocycles. The van der Waals surface area contributed by atoms with Crippen LogP contribution in [0.15, 0.2) is 33.5 Å². The van der Waals surface area contributed by atoms with Crippen LogP contribution in [0.2, 0.25) is 0 Å². The van der Waals surface area contributed by atoms with E-state index < -0.39 is 0 Å². The Labute approximate surface area is 113 Å². The van der Waals surface area contributed by atoms with Gasteiger partial charge in [-0.05, 0) is 42.7 Å². The molecular formula is C14H11BrN2O. The summed E-state index contributed by atoms with van der Waals surface area (Å²) in [5.41, 5.74) is 3.21. The van der Waals surface area contributed by atoms with E-state index in [0.717, 1.165) is 26.9 Å². The second kappa shape index (κ2) is 4.79. The van der Waals surface area contributed by atoms with Crippen molar-refractivity contribution in [1.82, 2.24) is 4.98 Å². The molecule has 2 rings (SSSR count). The van der Waals surface area contributed by atoms with E-state index in [9.17, 15) is 4.79 Å². The van der Waals surface area contributed by atoms with E-state index in [1.54, 1.807) is 6.92 Å². The van der Waals surface area contributed by atoms with Gasteiger partial charge < -0.3 is 4.98 Å². The van der Waals surface area contributed by atoms with Crippen molar-refractivity contribution in [2.75, 3.05) is 0 Å². The van der Waals surface area contributed by atoms with Gasteiger partial charge in [-0.1, -0.05) is 28.1 Å². The average molecular weight is 303 g/mol. The standard InChI is InChI=1S/C14H11BrN2O/c1-8-9(2)13(17-14(18)12(8)7-16)10-3-5-11(15)6-4-10/h3-6H,1-2H3,(H,17,18). The summed E-state index contributed by atoms with van der Waals surface area (Å²) in [6, 6.07) is 9.62. The molecule has 1 aromatic heterocycles. The Morgan fingerprint density at radius 2 is 1.78 bits per heavy atom. The van der Waals surface area contributed by atoms with Crippen LogP contribution in [0.25, 0.3) is 11.3 Å². The molecule has 0 saturated heterocycles. The highest BCUT2D eigenvalue weighted by molar-refractivity contribution is 9.10. The zero-order valence-corrected chi connectivity index (χ0v) is 11.6. The molecule has 1 aromatic carbocycles. The molecule has 0 saturated carbocycles. The van der Waals surface area contributed by atoms with Crippen LogP contribution in [-0.4, -0.2) is 4.98 Å². The number of pyridine rings is 1. The minimum Gasteiger partial charge on any atom is -0.321 e. The van der Waals surface area contributed by atoms with E-state index in [4.69, 9.17) is 5.26 Å². The number of hydrogen-bond acceptors (Lipinski definition) is 2. The molecule has 18 heavy (non-hydrogen) atoms. The van der Waals surface area contributed by atoms with Crippen LogP contribution in [0.3, 0.4) is 0 Å². The van der Waals surface area contributed by atoms with Crippen LogP contribution in [0.1, 0.15) is 16.7 Å². The highest BCUT2D eigenvalue weighted by Gasteiger charge is 2.12. The van der Waals surface area contributed by atoms with Crippen molar-refractivity contribution in [3.63, 3.8) is 0 Å². The average Bonchev–Trinajstić information content (AvgIpc) is 2.36. The number of nitrogens with one attached hydrogen (secondary N) is 1. The van der Waals surface area contributed by atoms with Gasteiger partial charge in [-0.25, -0.2) is 0 Å². The van der Waals surface area contributed by atoms with Gasteiger partial charge >= 0.3 is 0 Å². The summed E-state index contributed by atoms with van der Waals surface area (Å²) in [6.07, 6.45) is 0. The van der Waals surface area contributed by atoms with Crippen molar-refractivity contribution in [3.8, 4) is 17.3 Å². The Bertz CT molecular complexity index is 693. The van der Waals surface area contributed by atoms with Crippen LogP contribution in [0.4, 0.5) is 0 Å². The first-order valence-electron chi connectivity index (χ1n) is 5.44. The lowest BCUT2D eigenvalue weighted by molar-refractivity contribution is 1.14. The van der Waals surface area contributed by atoms with E-state index in [-0.39, 0.29) is 11.1 Å². The number of rotatable bonds is 1. The molecule has 90 valence electrons. The Morgan fingerprint density at radius 1 is 1.17 bits per heavy atom. The molecule has 0 atom stereocenters. The van der Waals surface area contributed by atoms with Crippen molar-refractivity contribution in [1.29, 1.82) is 5.26 Å². The van der Waals surface area contributed by atoms with Crippen LogP contribution >= 0.6 is 15.9 Å². The topological polar surface area (TPSA) is 56.6 Å². The van der Waals surface area contributed by atoms with Gasteiger partial charge in [0.2, 0.25) is 0 Å². The molecule has 1 N–H and O–H groups in total. The third kappa shape index (κ3) is 2.09. The minimum atomic E-state index is -0.335. The molecule has 0 aliphatic heterocycles. The number of aromatic amines is 1. The summed E-state index contributed by atoms with van der Waals surface area (Å²) in [5.74, 6) is 0. The fourth-order valence-electron chi connectivity index (χ4n) is 1.85. The Balaban J connectivity index is 2.71. The van der Waals surface area contributed by atoms with Gasteiger partial charge in [0, 0.05) is 4.47 Å². The van der Waals surface area contributed by atoms with Crippen LogP contribution in [0.5, 0.6) is 0 Å². The molecule has 0 aliphatic rings. The largest absolute Gasteiger partial charge is 0.321 e. The monoisotopic (exact) mass is 302 g/mol. The van der Waals surface area contributed by atoms with E-state index in [2.05, 4.69) is 20.9 Å². The SMILES string of the molecule is Cc1c(-c2ccc(Br)cc2)[nH]c(=O)c(C#N)c1C. The number of H-pyrrole nitrogens is 1. The third-order valence-corrected chi connectivity index (χ3v) is 3.55. The molecule has 0 bridgehead atoms. The number of nitriles is 1. The molecular weight excluding hydrogens is 292 g/mol. The third-order valence-electron chi connectivity index (χ3n) is 3.02. The van der Waals surface area contributed by atoms with Gasteiger partial charge in [0.25, 0.3) is 5.56 Å². The lowest BCUT2D eigenvalue weighted by Crippen LogP contribution is -2.14. The highest BCUT2D eigenvalue weighted by atomic mass is 79.9. The van der Waals surface area contributed by atoms with Crippen LogP contribution in [-0.2, 0) is 0 Å². The van der Waals surface area contributed by atoms with E-state index in [1.165, 1.54) is 0 Å². The summed E-state index contributed by atoms with van der Waals surface area (Å²) < 4.78 is 0.983. The molecule has 2 aromatic rings. The maximum absolute atomic E-state index is 11.8. The van der Waals surface area contributed by atoms with Gasteiger partial charge in [-0.3, -0.25) is 4.79 Å². The second-order valence-corrected chi connectivity index (χ2v) is 4.99. The smallest absolute Gasteiger partial charge is 0.266 e.